The van der Waals surface area contributed by atoms with Crippen molar-refractivity contribution in [2.45, 2.75) is 6.42 Å². The minimum atomic E-state index is -0.0581. The zero-order valence-corrected chi connectivity index (χ0v) is 7.23. The van der Waals surface area contributed by atoms with Crippen molar-refractivity contribution in [2.75, 3.05) is 6.54 Å². The molecule has 4 heteroatoms. The zero-order chi connectivity index (χ0) is 8.81. The van der Waals surface area contributed by atoms with Crippen molar-refractivity contribution in [3.8, 4) is 12.3 Å². The molecule has 1 heterocycles. The lowest BCUT2D eigenvalue weighted by Gasteiger charge is -1.97. The molecule has 0 spiro atoms. The van der Waals surface area contributed by atoms with E-state index in [1.165, 1.54) is 11.3 Å². The second kappa shape index (κ2) is 4.52. The van der Waals surface area contributed by atoms with Crippen LogP contribution in [-0.4, -0.2) is 17.4 Å². The topological polar surface area (TPSA) is 42.0 Å². The summed E-state index contributed by atoms with van der Waals surface area (Å²) in [6.45, 7) is 0.289. The van der Waals surface area contributed by atoms with E-state index in [1.807, 2.05) is 0 Å². The monoisotopic (exact) mass is 180 g/mol. The molecule has 0 radical (unpaired) electrons. The summed E-state index contributed by atoms with van der Waals surface area (Å²) < 4.78 is 0. The molecule has 0 saturated heterocycles. The molecule has 0 atom stereocenters. The number of nitrogens with zero attached hydrogens (tertiary/aromatic N) is 1. The maximum absolute atomic E-state index is 11.0. The number of thiazole rings is 1. The number of rotatable bonds is 3. The summed E-state index contributed by atoms with van der Waals surface area (Å²) in [5, 5.41) is 2.57. The van der Waals surface area contributed by atoms with Crippen molar-refractivity contribution in [3.05, 3.63) is 16.6 Å². The van der Waals surface area contributed by atoms with Crippen LogP contribution in [0.4, 0.5) is 0 Å². The molecule has 1 rings (SSSR count). The summed E-state index contributed by atoms with van der Waals surface area (Å²) >= 11 is 1.46. The van der Waals surface area contributed by atoms with Crippen molar-refractivity contribution >= 4 is 17.2 Å². The van der Waals surface area contributed by atoms with Gasteiger partial charge in [-0.3, -0.25) is 9.78 Å². The Balaban J connectivity index is 2.33. The van der Waals surface area contributed by atoms with E-state index in [2.05, 4.69) is 16.2 Å². The molecule has 0 aliphatic heterocycles. The van der Waals surface area contributed by atoms with Crippen molar-refractivity contribution in [1.29, 1.82) is 0 Å². The van der Waals surface area contributed by atoms with E-state index in [1.54, 1.807) is 11.7 Å². The van der Waals surface area contributed by atoms with E-state index in [0.29, 0.717) is 6.42 Å². The molecule has 62 valence electrons. The van der Waals surface area contributed by atoms with Gasteiger partial charge in [0.15, 0.2) is 0 Å². The molecule has 1 aromatic heterocycles. The molecule has 0 bridgehead atoms. The Morgan fingerprint density at radius 2 is 2.67 bits per heavy atom. The van der Waals surface area contributed by atoms with Gasteiger partial charge in [-0.05, 0) is 0 Å². The average molecular weight is 180 g/mol. The summed E-state index contributed by atoms with van der Waals surface area (Å²) in [6, 6.07) is 0. The molecule has 0 unspecified atom stereocenters. The highest BCUT2D eigenvalue weighted by Gasteiger charge is 2.02. The first-order valence-corrected chi connectivity index (χ1v) is 4.28. The van der Waals surface area contributed by atoms with Gasteiger partial charge in [-0.15, -0.1) is 17.8 Å². The van der Waals surface area contributed by atoms with Gasteiger partial charge >= 0.3 is 0 Å². The number of hydrogen-bond acceptors (Lipinski definition) is 3. The largest absolute Gasteiger partial charge is 0.345 e. The molecule has 0 fully saturated rings. The van der Waals surface area contributed by atoms with Gasteiger partial charge in [-0.1, -0.05) is 5.92 Å². The van der Waals surface area contributed by atoms with Gasteiger partial charge in [-0.25, -0.2) is 0 Å². The molecule has 1 aromatic rings. The fraction of sp³-hybridized carbons (Fsp3) is 0.250. The number of hydrogen-bond donors (Lipinski definition) is 1. The molecule has 1 amide bonds. The Kier molecular flexibility index (Phi) is 3.30. The number of nitrogens with one attached hydrogen (secondary N) is 1. The van der Waals surface area contributed by atoms with E-state index < -0.39 is 0 Å². The van der Waals surface area contributed by atoms with Gasteiger partial charge in [0.05, 0.1) is 18.5 Å². The number of carbonyl (C=O) groups excluding carboxylic acids is 1. The zero-order valence-electron chi connectivity index (χ0n) is 6.41. The Morgan fingerprint density at radius 3 is 3.25 bits per heavy atom. The smallest absolute Gasteiger partial charge is 0.226 e. The number of aromatic nitrogens is 1. The molecule has 0 aliphatic carbocycles. The lowest BCUT2D eigenvalue weighted by atomic mass is 10.3. The van der Waals surface area contributed by atoms with Crippen molar-refractivity contribution < 1.29 is 4.79 Å². The highest BCUT2D eigenvalue weighted by Crippen LogP contribution is 2.05. The molecule has 0 aromatic carbocycles. The fourth-order valence-corrected chi connectivity index (χ4v) is 1.29. The van der Waals surface area contributed by atoms with Crippen LogP contribution in [0.1, 0.15) is 4.88 Å². The summed E-state index contributed by atoms with van der Waals surface area (Å²) in [7, 11) is 0. The van der Waals surface area contributed by atoms with Gasteiger partial charge in [0.25, 0.3) is 0 Å². The first kappa shape index (κ1) is 8.75. The van der Waals surface area contributed by atoms with Crippen LogP contribution in [0.15, 0.2) is 11.7 Å². The second-order valence-corrected chi connectivity index (χ2v) is 3.10. The Morgan fingerprint density at radius 1 is 1.83 bits per heavy atom. The van der Waals surface area contributed by atoms with Crippen LogP contribution in [0.2, 0.25) is 0 Å². The standard InChI is InChI=1S/C8H8N2OS/c1-2-3-10-8(11)4-7-5-9-6-12-7/h1,5-6H,3-4H2,(H,10,11). The third-order valence-corrected chi connectivity index (χ3v) is 1.99. The quantitative estimate of drug-likeness (QED) is 0.686. The second-order valence-electron chi connectivity index (χ2n) is 2.13. The lowest BCUT2D eigenvalue weighted by molar-refractivity contribution is -0.120. The van der Waals surface area contributed by atoms with Crippen molar-refractivity contribution in [2.24, 2.45) is 0 Å². The fourth-order valence-electron chi connectivity index (χ4n) is 0.700. The van der Waals surface area contributed by atoms with Gasteiger partial charge < -0.3 is 5.32 Å². The molecule has 3 nitrogen and oxygen atoms in total. The third-order valence-electron chi connectivity index (χ3n) is 1.21. The predicted octanol–water partition coefficient (Wildman–Crippen LogP) is 0.435. The molecular weight excluding hydrogens is 172 g/mol. The van der Waals surface area contributed by atoms with Crippen LogP contribution in [0.5, 0.6) is 0 Å². The summed E-state index contributed by atoms with van der Waals surface area (Å²) in [5.74, 6) is 2.28. The third kappa shape index (κ3) is 2.72. The van der Waals surface area contributed by atoms with E-state index in [0.717, 1.165) is 4.88 Å². The van der Waals surface area contributed by atoms with Crippen LogP contribution < -0.4 is 5.32 Å². The van der Waals surface area contributed by atoms with Crippen LogP contribution >= 0.6 is 11.3 Å². The number of amides is 1. The summed E-state index contributed by atoms with van der Waals surface area (Å²) in [6.07, 6.45) is 7.02. The molecule has 12 heavy (non-hydrogen) atoms. The van der Waals surface area contributed by atoms with Crippen LogP contribution in [0, 0.1) is 12.3 Å². The number of carbonyl (C=O) groups is 1. The van der Waals surface area contributed by atoms with Gasteiger partial charge in [0.2, 0.25) is 5.91 Å². The maximum Gasteiger partial charge on any atom is 0.226 e. The Bertz CT molecular complexity index is 287. The minimum Gasteiger partial charge on any atom is -0.345 e. The first-order valence-electron chi connectivity index (χ1n) is 3.40. The van der Waals surface area contributed by atoms with E-state index in [-0.39, 0.29) is 12.5 Å². The predicted molar refractivity (Wildman–Crippen MR) is 47.7 cm³/mol. The number of terminal acetylenes is 1. The molecule has 0 aliphatic rings. The van der Waals surface area contributed by atoms with E-state index >= 15 is 0 Å². The van der Waals surface area contributed by atoms with Crippen molar-refractivity contribution in [1.82, 2.24) is 10.3 Å². The normalized spacial score (nSPS) is 8.92. The SMILES string of the molecule is C#CCNC(=O)Cc1cncs1. The van der Waals surface area contributed by atoms with E-state index in [4.69, 9.17) is 6.42 Å². The summed E-state index contributed by atoms with van der Waals surface area (Å²) in [5.41, 5.74) is 1.70. The van der Waals surface area contributed by atoms with Crippen LogP contribution in [0.3, 0.4) is 0 Å². The lowest BCUT2D eigenvalue weighted by Crippen LogP contribution is -2.24. The van der Waals surface area contributed by atoms with Crippen LogP contribution in [0.25, 0.3) is 0 Å². The van der Waals surface area contributed by atoms with Crippen LogP contribution in [-0.2, 0) is 11.2 Å². The Labute approximate surface area is 74.8 Å². The van der Waals surface area contributed by atoms with Gasteiger partial charge in [-0.2, -0.15) is 0 Å². The Hall–Kier alpha value is -1.34. The molecule has 1 N–H and O–H groups in total. The average Bonchev–Trinajstić information content (AvgIpc) is 2.53. The first-order chi connectivity index (χ1) is 5.83. The highest BCUT2D eigenvalue weighted by molar-refractivity contribution is 7.09. The van der Waals surface area contributed by atoms with E-state index in [9.17, 15) is 4.79 Å². The molecular formula is C8H8N2OS. The van der Waals surface area contributed by atoms with Gasteiger partial charge in [0, 0.05) is 11.1 Å². The molecule has 0 saturated carbocycles. The van der Waals surface area contributed by atoms with Crippen molar-refractivity contribution in [3.63, 3.8) is 0 Å². The minimum absolute atomic E-state index is 0.0581. The summed E-state index contributed by atoms with van der Waals surface area (Å²) in [4.78, 5) is 15.8. The highest BCUT2D eigenvalue weighted by atomic mass is 32.1. The van der Waals surface area contributed by atoms with Gasteiger partial charge in [0.1, 0.15) is 0 Å². The maximum atomic E-state index is 11.0.